The molecular weight excluding hydrogens is 298 g/mol. The van der Waals surface area contributed by atoms with Gasteiger partial charge in [0.15, 0.2) is 0 Å². The molecule has 102 valence electrons. The van der Waals surface area contributed by atoms with Gasteiger partial charge in [0.05, 0.1) is 6.10 Å². The predicted octanol–water partition coefficient (Wildman–Crippen LogP) is 1.81. The van der Waals surface area contributed by atoms with Gasteiger partial charge in [0, 0.05) is 24.7 Å². The third kappa shape index (κ3) is 6.35. The summed E-state index contributed by atoms with van der Waals surface area (Å²) in [7, 11) is 1.67. The smallest absolute Gasteiger partial charge is 0.119 e. The summed E-state index contributed by atoms with van der Waals surface area (Å²) >= 11 is 3.35. The van der Waals surface area contributed by atoms with Gasteiger partial charge in [-0.15, -0.1) is 0 Å². The summed E-state index contributed by atoms with van der Waals surface area (Å²) in [5.74, 6) is 0.752. The number of hydrogen-bond donors (Lipinski definition) is 2. The van der Waals surface area contributed by atoms with Gasteiger partial charge in [0.2, 0.25) is 0 Å². The van der Waals surface area contributed by atoms with Gasteiger partial charge in [-0.05, 0) is 31.2 Å². The van der Waals surface area contributed by atoms with Crippen LogP contribution in [0.5, 0.6) is 5.75 Å². The summed E-state index contributed by atoms with van der Waals surface area (Å²) in [5.41, 5.74) is 0. The number of aliphatic hydroxyl groups excluding tert-OH is 1. The lowest BCUT2D eigenvalue weighted by molar-refractivity contribution is 0.0904. The van der Waals surface area contributed by atoms with Crippen molar-refractivity contribution in [3.05, 3.63) is 28.7 Å². The highest BCUT2D eigenvalue weighted by molar-refractivity contribution is 9.10. The van der Waals surface area contributed by atoms with Crippen molar-refractivity contribution < 1.29 is 14.6 Å². The van der Waals surface area contributed by atoms with Crippen molar-refractivity contribution in [3.63, 3.8) is 0 Å². The largest absolute Gasteiger partial charge is 0.491 e. The van der Waals surface area contributed by atoms with E-state index in [0.717, 1.165) is 10.2 Å². The fourth-order valence-electron chi connectivity index (χ4n) is 1.32. The molecule has 0 spiro atoms. The Bertz CT molecular complexity index is 332. The van der Waals surface area contributed by atoms with Crippen molar-refractivity contribution in [1.82, 2.24) is 5.32 Å². The van der Waals surface area contributed by atoms with E-state index in [0.29, 0.717) is 13.1 Å². The first-order valence-corrected chi connectivity index (χ1v) is 6.71. The van der Waals surface area contributed by atoms with Crippen LogP contribution in [0.1, 0.15) is 6.92 Å². The Morgan fingerprint density at radius 1 is 1.28 bits per heavy atom. The van der Waals surface area contributed by atoms with Gasteiger partial charge in [-0.2, -0.15) is 0 Å². The minimum absolute atomic E-state index is 0.143. The zero-order valence-corrected chi connectivity index (χ0v) is 12.3. The van der Waals surface area contributed by atoms with E-state index in [2.05, 4.69) is 21.2 Å². The van der Waals surface area contributed by atoms with Crippen LogP contribution in [0.3, 0.4) is 0 Å². The lowest BCUT2D eigenvalue weighted by atomic mass is 10.3. The number of methoxy groups -OCH3 is 1. The number of aliphatic hydroxyl groups is 1. The second-order valence-corrected chi connectivity index (χ2v) is 5.04. The summed E-state index contributed by atoms with van der Waals surface area (Å²) in [6.07, 6.45) is -0.387. The summed E-state index contributed by atoms with van der Waals surface area (Å²) in [4.78, 5) is 0. The van der Waals surface area contributed by atoms with Crippen molar-refractivity contribution in [2.24, 2.45) is 0 Å². The van der Waals surface area contributed by atoms with Crippen molar-refractivity contribution in [1.29, 1.82) is 0 Å². The van der Waals surface area contributed by atoms with E-state index in [4.69, 9.17) is 9.47 Å². The average molecular weight is 318 g/mol. The van der Waals surface area contributed by atoms with Crippen LogP contribution in [0.2, 0.25) is 0 Å². The highest BCUT2D eigenvalue weighted by Gasteiger charge is 2.06. The van der Waals surface area contributed by atoms with Crippen LogP contribution < -0.4 is 10.1 Å². The monoisotopic (exact) mass is 317 g/mol. The standard InChI is InChI=1S/C13H20BrNO3/c1-10(17-2)7-15-8-12(16)9-18-13-5-3-11(14)4-6-13/h3-6,10,12,15-16H,7-9H2,1-2H3. The molecule has 2 N–H and O–H groups in total. The molecule has 5 heteroatoms. The van der Waals surface area contributed by atoms with Crippen molar-refractivity contribution in [2.45, 2.75) is 19.1 Å². The van der Waals surface area contributed by atoms with E-state index < -0.39 is 6.10 Å². The van der Waals surface area contributed by atoms with Gasteiger partial charge in [0.1, 0.15) is 18.5 Å². The molecule has 0 radical (unpaired) electrons. The van der Waals surface area contributed by atoms with E-state index in [1.54, 1.807) is 7.11 Å². The third-order valence-corrected chi connectivity index (χ3v) is 3.00. The maximum Gasteiger partial charge on any atom is 0.119 e. The highest BCUT2D eigenvalue weighted by Crippen LogP contribution is 2.16. The molecule has 4 nitrogen and oxygen atoms in total. The maximum absolute atomic E-state index is 9.71. The Labute approximate surface area is 116 Å². The van der Waals surface area contributed by atoms with Crippen LogP contribution in [0, 0.1) is 0 Å². The van der Waals surface area contributed by atoms with Crippen LogP contribution in [0.25, 0.3) is 0 Å². The second-order valence-electron chi connectivity index (χ2n) is 4.12. The van der Waals surface area contributed by atoms with Crippen LogP contribution in [-0.2, 0) is 4.74 Å². The van der Waals surface area contributed by atoms with Gasteiger partial charge < -0.3 is 19.9 Å². The summed E-state index contributed by atoms with van der Waals surface area (Å²) in [5, 5.41) is 12.8. The number of rotatable bonds is 8. The van der Waals surface area contributed by atoms with Crippen molar-refractivity contribution in [2.75, 3.05) is 26.8 Å². The Balaban J connectivity index is 2.16. The number of hydrogen-bond acceptors (Lipinski definition) is 4. The van der Waals surface area contributed by atoms with E-state index in [1.807, 2.05) is 31.2 Å². The molecule has 0 bridgehead atoms. The average Bonchev–Trinajstić information content (AvgIpc) is 2.38. The summed E-state index contributed by atoms with van der Waals surface area (Å²) in [6, 6.07) is 7.52. The van der Waals surface area contributed by atoms with Gasteiger partial charge in [0.25, 0.3) is 0 Å². The minimum atomic E-state index is -0.530. The van der Waals surface area contributed by atoms with Crippen LogP contribution in [0.15, 0.2) is 28.7 Å². The molecule has 1 rings (SSSR count). The third-order valence-electron chi connectivity index (χ3n) is 2.47. The topological polar surface area (TPSA) is 50.7 Å². The zero-order chi connectivity index (χ0) is 13.4. The lowest BCUT2D eigenvalue weighted by Gasteiger charge is -2.15. The quantitative estimate of drug-likeness (QED) is 0.768. The molecule has 0 aliphatic rings. The van der Waals surface area contributed by atoms with Crippen molar-refractivity contribution >= 4 is 15.9 Å². The Kier molecular flexibility index (Phi) is 7.27. The fourth-order valence-corrected chi connectivity index (χ4v) is 1.58. The van der Waals surface area contributed by atoms with E-state index in [9.17, 15) is 5.11 Å². The molecule has 18 heavy (non-hydrogen) atoms. The predicted molar refractivity (Wildman–Crippen MR) is 75.0 cm³/mol. The molecule has 1 aromatic rings. The van der Waals surface area contributed by atoms with E-state index in [-0.39, 0.29) is 12.7 Å². The molecule has 0 aliphatic heterocycles. The molecule has 1 aromatic carbocycles. The Morgan fingerprint density at radius 2 is 1.94 bits per heavy atom. The van der Waals surface area contributed by atoms with Gasteiger partial charge in [-0.1, -0.05) is 15.9 Å². The first-order chi connectivity index (χ1) is 8.61. The fraction of sp³-hybridized carbons (Fsp3) is 0.538. The Hall–Kier alpha value is -0.620. The molecular formula is C13H20BrNO3. The molecule has 2 unspecified atom stereocenters. The second kappa shape index (κ2) is 8.48. The molecule has 0 amide bonds. The zero-order valence-electron chi connectivity index (χ0n) is 10.7. The SMILES string of the molecule is COC(C)CNCC(O)COc1ccc(Br)cc1. The highest BCUT2D eigenvalue weighted by atomic mass is 79.9. The van der Waals surface area contributed by atoms with Gasteiger partial charge >= 0.3 is 0 Å². The molecule has 0 saturated heterocycles. The number of halogens is 1. The molecule has 0 fully saturated rings. The van der Waals surface area contributed by atoms with Crippen LogP contribution >= 0.6 is 15.9 Å². The van der Waals surface area contributed by atoms with Gasteiger partial charge in [-0.25, -0.2) is 0 Å². The maximum atomic E-state index is 9.71. The van der Waals surface area contributed by atoms with Crippen LogP contribution in [-0.4, -0.2) is 44.1 Å². The molecule has 0 heterocycles. The summed E-state index contributed by atoms with van der Waals surface area (Å²) < 4.78 is 11.6. The number of ether oxygens (including phenoxy) is 2. The van der Waals surface area contributed by atoms with E-state index >= 15 is 0 Å². The normalized spacial score (nSPS) is 14.2. The first kappa shape index (κ1) is 15.4. The van der Waals surface area contributed by atoms with Crippen molar-refractivity contribution in [3.8, 4) is 5.75 Å². The molecule has 0 aromatic heterocycles. The lowest BCUT2D eigenvalue weighted by Crippen LogP contribution is -2.35. The molecule has 0 saturated carbocycles. The van der Waals surface area contributed by atoms with Gasteiger partial charge in [-0.3, -0.25) is 0 Å². The molecule has 0 aliphatic carbocycles. The minimum Gasteiger partial charge on any atom is -0.491 e. The number of nitrogens with one attached hydrogen (secondary N) is 1. The first-order valence-electron chi connectivity index (χ1n) is 5.91. The number of benzene rings is 1. The summed E-state index contributed by atoms with van der Waals surface area (Å²) in [6.45, 7) is 3.45. The molecule has 2 atom stereocenters. The van der Waals surface area contributed by atoms with Crippen LogP contribution in [0.4, 0.5) is 0 Å². The van der Waals surface area contributed by atoms with E-state index in [1.165, 1.54) is 0 Å². The Morgan fingerprint density at radius 3 is 2.56 bits per heavy atom.